The summed E-state index contributed by atoms with van der Waals surface area (Å²) in [6, 6.07) is 3.44. The summed E-state index contributed by atoms with van der Waals surface area (Å²) >= 11 is 0. The van der Waals surface area contributed by atoms with Crippen LogP contribution in [0, 0.1) is 11.6 Å². The molecule has 0 saturated carbocycles. The van der Waals surface area contributed by atoms with Crippen molar-refractivity contribution in [1.29, 1.82) is 0 Å². The fourth-order valence-electron chi connectivity index (χ4n) is 2.27. The molecule has 0 aromatic heterocycles. The van der Waals surface area contributed by atoms with Crippen molar-refractivity contribution in [3.05, 3.63) is 41.0 Å². The van der Waals surface area contributed by atoms with Crippen molar-refractivity contribution in [2.75, 3.05) is 32.7 Å². The first-order chi connectivity index (χ1) is 10.4. The molecule has 0 aliphatic carbocycles. The lowest BCUT2D eigenvalue weighted by molar-refractivity contribution is 0.117. The van der Waals surface area contributed by atoms with Gasteiger partial charge in [-0.05, 0) is 37.7 Å². The van der Waals surface area contributed by atoms with Crippen LogP contribution in [0.2, 0.25) is 0 Å². The minimum Gasteiger partial charge on any atom is -0.390 e. The molecule has 1 aromatic rings. The van der Waals surface area contributed by atoms with E-state index in [1.807, 2.05) is 6.92 Å². The largest absolute Gasteiger partial charge is 0.390 e. The predicted molar refractivity (Wildman–Crippen MR) is 86.7 cm³/mol. The summed E-state index contributed by atoms with van der Waals surface area (Å²) in [5.74, 6) is -1.16. The molecule has 22 heavy (non-hydrogen) atoms. The summed E-state index contributed by atoms with van der Waals surface area (Å²) in [7, 11) is 0. The Morgan fingerprint density at radius 1 is 1.23 bits per heavy atom. The van der Waals surface area contributed by atoms with Gasteiger partial charge in [-0.2, -0.15) is 0 Å². The minimum atomic E-state index is -0.582. The molecule has 1 aromatic carbocycles. The van der Waals surface area contributed by atoms with Gasteiger partial charge in [-0.1, -0.05) is 25.5 Å². The van der Waals surface area contributed by atoms with Gasteiger partial charge in [0.15, 0.2) is 0 Å². The average Bonchev–Trinajstić information content (AvgIpc) is 2.43. The molecule has 0 aliphatic rings. The Morgan fingerprint density at radius 3 is 2.36 bits per heavy atom. The van der Waals surface area contributed by atoms with Crippen LogP contribution < -0.4 is 5.32 Å². The van der Waals surface area contributed by atoms with Crippen molar-refractivity contribution in [3.63, 3.8) is 0 Å². The Bertz CT molecular complexity index is 467. The number of halogens is 2. The molecule has 0 spiro atoms. The van der Waals surface area contributed by atoms with Gasteiger partial charge in [-0.25, -0.2) is 8.78 Å². The lowest BCUT2D eigenvalue weighted by Crippen LogP contribution is -2.38. The molecule has 1 rings (SSSR count). The second kappa shape index (κ2) is 9.66. The van der Waals surface area contributed by atoms with E-state index < -0.39 is 17.7 Å². The summed E-state index contributed by atoms with van der Waals surface area (Å²) in [4.78, 5) is 2.16. The van der Waals surface area contributed by atoms with E-state index in [-0.39, 0.29) is 0 Å². The number of likely N-dealkylation sites (N-methyl/N-ethyl adjacent to an activating group) is 1. The average molecular weight is 312 g/mol. The van der Waals surface area contributed by atoms with E-state index in [9.17, 15) is 13.9 Å². The molecule has 2 N–H and O–H groups in total. The van der Waals surface area contributed by atoms with Crippen LogP contribution in [0.1, 0.15) is 26.3 Å². The Kier molecular flexibility index (Phi) is 8.24. The molecule has 1 unspecified atom stereocenters. The third kappa shape index (κ3) is 7.11. The highest BCUT2D eigenvalue weighted by Gasteiger charge is 2.08. The van der Waals surface area contributed by atoms with E-state index in [0.29, 0.717) is 25.2 Å². The van der Waals surface area contributed by atoms with Crippen LogP contribution in [0.15, 0.2) is 23.8 Å². The number of hydrogen-bond acceptors (Lipinski definition) is 3. The lowest BCUT2D eigenvalue weighted by atomic mass is 10.1. The highest BCUT2D eigenvalue weighted by Crippen LogP contribution is 2.11. The fraction of sp³-hybridized carbons (Fsp3) is 0.529. The summed E-state index contributed by atoms with van der Waals surface area (Å²) in [6.45, 7) is 9.52. The molecule has 0 radical (unpaired) electrons. The molecule has 0 heterocycles. The van der Waals surface area contributed by atoms with Crippen LogP contribution in [-0.4, -0.2) is 48.8 Å². The molecule has 0 amide bonds. The number of nitrogens with one attached hydrogen (secondary N) is 1. The number of aliphatic hydroxyl groups is 1. The van der Waals surface area contributed by atoms with Gasteiger partial charge in [0, 0.05) is 25.7 Å². The van der Waals surface area contributed by atoms with Crippen molar-refractivity contribution < 1.29 is 13.9 Å². The van der Waals surface area contributed by atoms with E-state index in [4.69, 9.17) is 0 Å². The maximum atomic E-state index is 13.1. The highest BCUT2D eigenvalue weighted by molar-refractivity contribution is 5.52. The molecular formula is C17H26F2N2O. The van der Waals surface area contributed by atoms with E-state index >= 15 is 0 Å². The summed E-state index contributed by atoms with van der Waals surface area (Å²) < 4.78 is 26.2. The molecule has 0 fully saturated rings. The summed E-state index contributed by atoms with van der Waals surface area (Å²) in [6.07, 6.45) is 1.30. The number of benzene rings is 1. The summed E-state index contributed by atoms with van der Waals surface area (Å²) in [5.41, 5.74) is 1.44. The maximum absolute atomic E-state index is 13.1. The van der Waals surface area contributed by atoms with Crippen LogP contribution >= 0.6 is 0 Å². The van der Waals surface area contributed by atoms with Crippen LogP contribution in [0.25, 0.3) is 6.08 Å². The Labute approximate surface area is 131 Å². The van der Waals surface area contributed by atoms with Crippen LogP contribution in [0.4, 0.5) is 8.78 Å². The molecule has 0 saturated heterocycles. The van der Waals surface area contributed by atoms with Crippen LogP contribution in [-0.2, 0) is 0 Å². The number of hydrogen-bond donors (Lipinski definition) is 2. The number of nitrogens with zero attached hydrogens (tertiary/aromatic N) is 1. The number of aliphatic hydroxyl groups excluding tert-OH is 1. The molecule has 3 nitrogen and oxygen atoms in total. The van der Waals surface area contributed by atoms with E-state index in [1.165, 1.54) is 12.1 Å². The van der Waals surface area contributed by atoms with Gasteiger partial charge in [0.05, 0.1) is 6.10 Å². The van der Waals surface area contributed by atoms with E-state index in [2.05, 4.69) is 24.1 Å². The van der Waals surface area contributed by atoms with Gasteiger partial charge in [0.25, 0.3) is 0 Å². The number of rotatable bonds is 9. The zero-order valence-corrected chi connectivity index (χ0v) is 13.6. The molecule has 124 valence electrons. The molecule has 5 heteroatoms. The lowest BCUT2D eigenvalue weighted by Gasteiger charge is -2.22. The van der Waals surface area contributed by atoms with Gasteiger partial charge < -0.3 is 15.3 Å². The Morgan fingerprint density at radius 2 is 1.82 bits per heavy atom. The Balaban J connectivity index is 2.42. The summed E-state index contributed by atoms with van der Waals surface area (Å²) in [5, 5.41) is 13.1. The predicted octanol–water partition coefficient (Wildman–Crippen LogP) is 2.66. The monoisotopic (exact) mass is 312 g/mol. The zero-order chi connectivity index (χ0) is 16.5. The topological polar surface area (TPSA) is 35.5 Å². The zero-order valence-electron chi connectivity index (χ0n) is 13.6. The molecule has 0 aliphatic heterocycles. The fourth-order valence-corrected chi connectivity index (χ4v) is 2.27. The minimum absolute atomic E-state index is 0.431. The smallest absolute Gasteiger partial charge is 0.126 e. The van der Waals surface area contributed by atoms with Gasteiger partial charge >= 0.3 is 0 Å². The van der Waals surface area contributed by atoms with Crippen molar-refractivity contribution in [1.82, 2.24) is 10.2 Å². The second-order valence-corrected chi connectivity index (χ2v) is 5.46. The van der Waals surface area contributed by atoms with Gasteiger partial charge in [0.1, 0.15) is 11.6 Å². The van der Waals surface area contributed by atoms with E-state index in [0.717, 1.165) is 24.7 Å². The van der Waals surface area contributed by atoms with Crippen molar-refractivity contribution in [2.24, 2.45) is 0 Å². The molecule has 0 bridgehead atoms. The first-order valence-corrected chi connectivity index (χ1v) is 7.69. The first-order valence-electron chi connectivity index (χ1n) is 7.69. The van der Waals surface area contributed by atoms with Crippen LogP contribution in [0.3, 0.4) is 0 Å². The quantitative estimate of drug-likeness (QED) is 0.736. The third-order valence-corrected chi connectivity index (χ3v) is 3.45. The standard InChI is InChI=1S/C17H26F2N2O/c1-4-21(5-2)12-17(22)11-20-10-13(3)6-14-7-15(18)9-16(19)8-14/h6-9,17,20,22H,4-5,10-12H2,1-3H3/b13-6+. The Hall–Kier alpha value is -1.30. The van der Waals surface area contributed by atoms with Crippen molar-refractivity contribution in [2.45, 2.75) is 26.9 Å². The van der Waals surface area contributed by atoms with Gasteiger partial charge in [-0.3, -0.25) is 0 Å². The maximum Gasteiger partial charge on any atom is 0.126 e. The SMILES string of the molecule is CCN(CC)CC(O)CNC/C(C)=C/c1cc(F)cc(F)c1. The van der Waals surface area contributed by atoms with E-state index in [1.54, 1.807) is 6.08 Å². The normalized spacial score (nSPS) is 13.7. The second-order valence-electron chi connectivity index (χ2n) is 5.46. The molecular weight excluding hydrogens is 286 g/mol. The van der Waals surface area contributed by atoms with Crippen molar-refractivity contribution >= 4 is 6.08 Å². The van der Waals surface area contributed by atoms with Gasteiger partial charge in [0.2, 0.25) is 0 Å². The molecule has 1 atom stereocenters. The van der Waals surface area contributed by atoms with Gasteiger partial charge in [-0.15, -0.1) is 0 Å². The first kappa shape index (κ1) is 18.7. The third-order valence-electron chi connectivity index (χ3n) is 3.45. The highest BCUT2D eigenvalue weighted by atomic mass is 19.1. The van der Waals surface area contributed by atoms with Crippen molar-refractivity contribution in [3.8, 4) is 0 Å². The van der Waals surface area contributed by atoms with Crippen LogP contribution in [0.5, 0.6) is 0 Å².